The molecule has 0 aliphatic heterocycles. The number of alkyl carbamates (subject to hydrolysis) is 1. The molecule has 4 aromatic rings. The molecule has 248 valence electrons. The molecule has 3 aromatic carbocycles. The van der Waals surface area contributed by atoms with Crippen LogP contribution >= 0.6 is 0 Å². The fourth-order valence-electron chi connectivity index (χ4n) is 5.36. The zero-order chi connectivity index (χ0) is 34.0. The first kappa shape index (κ1) is 34.8. The smallest absolute Gasteiger partial charge is 0.408 e. The fraction of sp³-hybridized carbons (Fsp3) is 0.361. The number of nitrogens with zero attached hydrogens (tertiary/aromatic N) is 2. The molecule has 4 rings (SSSR count). The number of hydrogen-bond acceptors (Lipinski definition) is 8. The van der Waals surface area contributed by atoms with Crippen molar-refractivity contribution in [2.45, 2.75) is 70.7 Å². The molecule has 0 unspecified atom stereocenters. The number of hydrogen-bond donors (Lipinski definition) is 4. The number of benzene rings is 3. The summed E-state index contributed by atoms with van der Waals surface area (Å²) in [7, 11) is 0. The third kappa shape index (κ3) is 9.26. The third-order valence-corrected chi connectivity index (χ3v) is 7.32. The predicted molar refractivity (Wildman–Crippen MR) is 178 cm³/mol. The standard InChI is InChI=1S/C36H44N6O5/c1-24(2)21-28(39-34(45)46-35(3,4)5)32-40-33(47-42-32)29(38-31(44)23-37)22-30(43)41-36(25-15-9-6-10-16-25,26-17-11-7-12-18-26)27-19-13-8-14-20-27/h6-20,24,28-29H,21-23,37H2,1-5H3,(H,38,44)(H,39,45)(H,41,43)/t28-,29-/m0/s1. The average Bonchev–Trinajstić information content (AvgIpc) is 3.54. The Morgan fingerprint density at radius 1 is 0.787 bits per heavy atom. The van der Waals surface area contributed by atoms with E-state index in [4.69, 9.17) is 15.0 Å². The summed E-state index contributed by atoms with van der Waals surface area (Å²) >= 11 is 0. The molecule has 3 amide bonds. The molecular weight excluding hydrogens is 596 g/mol. The van der Waals surface area contributed by atoms with Gasteiger partial charge in [0, 0.05) is 0 Å². The molecule has 0 saturated carbocycles. The number of aromatic nitrogens is 2. The maximum absolute atomic E-state index is 14.1. The van der Waals surface area contributed by atoms with Crippen LogP contribution in [0.1, 0.15) is 87.9 Å². The number of nitrogens with one attached hydrogen (secondary N) is 3. The SMILES string of the molecule is CC(C)C[C@H](NC(=O)OC(C)(C)C)c1noc([C@H](CC(=O)NC(c2ccccc2)(c2ccccc2)c2ccccc2)NC(=O)CN)n1. The first-order valence-corrected chi connectivity index (χ1v) is 15.7. The van der Waals surface area contributed by atoms with Crippen LogP contribution in [0.3, 0.4) is 0 Å². The highest BCUT2D eigenvalue weighted by molar-refractivity contribution is 5.82. The number of ether oxygens (including phenoxy) is 1. The minimum Gasteiger partial charge on any atom is -0.444 e. The average molecular weight is 641 g/mol. The van der Waals surface area contributed by atoms with Crippen LogP contribution in [-0.4, -0.2) is 40.2 Å². The molecule has 5 N–H and O–H groups in total. The normalized spacial score (nSPS) is 13.0. The fourth-order valence-corrected chi connectivity index (χ4v) is 5.36. The van der Waals surface area contributed by atoms with E-state index in [0.29, 0.717) is 6.42 Å². The van der Waals surface area contributed by atoms with E-state index in [1.807, 2.05) is 105 Å². The maximum Gasteiger partial charge on any atom is 0.408 e. The van der Waals surface area contributed by atoms with Gasteiger partial charge in [-0.15, -0.1) is 0 Å². The van der Waals surface area contributed by atoms with Crippen LogP contribution < -0.4 is 21.7 Å². The topological polar surface area (TPSA) is 161 Å². The summed E-state index contributed by atoms with van der Waals surface area (Å²) < 4.78 is 11.1. The van der Waals surface area contributed by atoms with Gasteiger partial charge in [0.2, 0.25) is 17.7 Å². The molecule has 0 saturated heterocycles. The van der Waals surface area contributed by atoms with Gasteiger partial charge in [-0.25, -0.2) is 4.79 Å². The van der Waals surface area contributed by atoms with Gasteiger partial charge in [0.1, 0.15) is 17.2 Å². The molecule has 1 aromatic heterocycles. The van der Waals surface area contributed by atoms with Gasteiger partial charge in [0.15, 0.2) is 5.82 Å². The summed E-state index contributed by atoms with van der Waals surface area (Å²) in [6.07, 6.45) is -0.372. The van der Waals surface area contributed by atoms with E-state index in [1.54, 1.807) is 20.8 Å². The van der Waals surface area contributed by atoms with E-state index >= 15 is 0 Å². The molecule has 2 atom stereocenters. The van der Waals surface area contributed by atoms with Gasteiger partial charge in [-0.1, -0.05) is 110 Å². The van der Waals surface area contributed by atoms with Crippen LogP contribution in [0.5, 0.6) is 0 Å². The Labute approximate surface area is 275 Å². The highest BCUT2D eigenvalue weighted by atomic mass is 16.6. The Morgan fingerprint density at radius 2 is 1.30 bits per heavy atom. The van der Waals surface area contributed by atoms with E-state index < -0.39 is 41.1 Å². The Kier molecular flexibility index (Phi) is 11.5. The molecular formula is C36H44N6O5. The first-order valence-electron chi connectivity index (χ1n) is 15.7. The number of carbonyl (C=O) groups excluding carboxylic acids is 3. The third-order valence-electron chi connectivity index (χ3n) is 7.32. The van der Waals surface area contributed by atoms with Crippen molar-refractivity contribution in [1.82, 2.24) is 26.1 Å². The molecule has 0 aliphatic rings. The lowest BCUT2D eigenvalue weighted by Gasteiger charge is -2.37. The van der Waals surface area contributed by atoms with Crippen molar-refractivity contribution in [2.24, 2.45) is 11.7 Å². The molecule has 0 radical (unpaired) electrons. The molecule has 0 aliphatic carbocycles. The molecule has 0 spiro atoms. The van der Waals surface area contributed by atoms with E-state index in [-0.39, 0.29) is 30.6 Å². The van der Waals surface area contributed by atoms with Crippen molar-refractivity contribution < 1.29 is 23.6 Å². The molecule has 11 nitrogen and oxygen atoms in total. The van der Waals surface area contributed by atoms with Crippen molar-refractivity contribution in [1.29, 1.82) is 0 Å². The van der Waals surface area contributed by atoms with E-state index in [1.165, 1.54) is 0 Å². The zero-order valence-electron chi connectivity index (χ0n) is 27.5. The summed E-state index contributed by atoms with van der Waals surface area (Å²) in [6.45, 7) is 9.00. The Morgan fingerprint density at radius 3 is 1.74 bits per heavy atom. The summed E-state index contributed by atoms with van der Waals surface area (Å²) in [5.74, 6) is -0.541. The summed E-state index contributed by atoms with van der Waals surface area (Å²) in [6, 6.07) is 27.4. The number of nitrogens with two attached hydrogens (primary N) is 1. The molecule has 47 heavy (non-hydrogen) atoms. The minimum absolute atomic E-state index is 0.00132. The quantitative estimate of drug-likeness (QED) is 0.143. The van der Waals surface area contributed by atoms with E-state index in [0.717, 1.165) is 16.7 Å². The second kappa shape index (κ2) is 15.5. The summed E-state index contributed by atoms with van der Waals surface area (Å²) in [5, 5.41) is 13.0. The van der Waals surface area contributed by atoms with Gasteiger partial charge in [0.05, 0.1) is 19.0 Å². The molecule has 0 fully saturated rings. The lowest BCUT2D eigenvalue weighted by molar-refractivity contribution is -0.124. The summed E-state index contributed by atoms with van der Waals surface area (Å²) in [5.41, 5.74) is 6.40. The Bertz CT molecular complexity index is 1510. The lowest BCUT2D eigenvalue weighted by Crippen LogP contribution is -2.49. The van der Waals surface area contributed by atoms with Crippen LogP contribution in [-0.2, 0) is 19.9 Å². The van der Waals surface area contributed by atoms with E-state index in [9.17, 15) is 14.4 Å². The minimum atomic E-state index is -1.07. The summed E-state index contributed by atoms with van der Waals surface area (Å²) in [4.78, 5) is 43.9. The van der Waals surface area contributed by atoms with Gasteiger partial charge in [0.25, 0.3) is 0 Å². The first-order chi connectivity index (χ1) is 22.4. The van der Waals surface area contributed by atoms with Crippen LogP contribution in [0.25, 0.3) is 0 Å². The zero-order valence-corrected chi connectivity index (χ0v) is 27.5. The second-order valence-electron chi connectivity index (χ2n) is 12.7. The predicted octanol–water partition coefficient (Wildman–Crippen LogP) is 5.30. The molecule has 0 bridgehead atoms. The monoisotopic (exact) mass is 640 g/mol. The van der Waals surface area contributed by atoms with Gasteiger partial charge in [-0.3, -0.25) is 9.59 Å². The van der Waals surface area contributed by atoms with Gasteiger partial charge < -0.3 is 30.9 Å². The largest absolute Gasteiger partial charge is 0.444 e. The number of amides is 3. The van der Waals surface area contributed by atoms with Gasteiger partial charge in [-0.2, -0.15) is 4.98 Å². The molecule has 1 heterocycles. The van der Waals surface area contributed by atoms with Crippen molar-refractivity contribution >= 4 is 17.9 Å². The van der Waals surface area contributed by atoms with Crippen molar-refractivity contribution in [3.8, 4) is 0 Å². The van der Waals surface area contributed by atoms with Crippen molar-refractivity contribution in [2.75, 3.05) is 6.54 Å². The van der Waals surface area contributed by atoms with Gasteiger partial charge >= 0.3 is 6.09 Å². The van der Waals surface area contributed by atoms with Gasteiger partial charge in [-0.05, 0) is 49.8 Å². The Balaban J connectivity index is 1.69. The highest BCUT2D eigenvalue weighted by Crippen LogP contribution is 2.37. The van der Waals surface area contributed by atoms with Crippen LogP contribution in [0.4, 0.5) is 4.79 Å². The molecule has 11 heteroatoms. The second-order valence-corrected chi connectivity index (χ2v) is 12.7. The van der Waals surface area contributed by atoms with E-state index in [2.05, 4.69) is 26.1 Å². The van der Waals surface area contributed by atoms with Crippen LogP contribution in [0, 0.1) is 5.92 Å². The lowest BCUT2D eigenvalue weighted by atomic mass is 9.77. The van der Waals surface area contributed by atoms with Crippen LogP contribution in [0.15, 0.2) is 95.5 Å². The van der Waals surface area contributed by atoms with Crippen LogP contribution in [0.2, 0.25) is 0 Å². The van der Waals surface area contributed by atoms with Crippen molar-refractivity contribution in [3.05, 3.63) is 119 Å². The maximum atomic E-state index is 14.1. The number of rotatable bonds is 13. The highest BCUT2D eigenvalue weighted by Gasteiger charge is 2.39. The Hall–Kier alpha value is -5.03. The number of carbonyl (C=O) groups is 3. The van der Waals surface area contributed by atoms with Crippen molar-refractivity contribution in [3.63, 3.8) is 0 Å².